The number of nitrogens with zero attached hydrogens (tertiary/aromatic N) is 1. The van der Waals surface area contributed by atoms with Crippen LogP contribution in [0.1, 0.15) is 59.8 Å². The number of nitrogens with one attached hydrogen (secondary N) is 1. The lowest BCUT2D eigenvalue weighted by molar-refractivity contribution is -0.130. The SMILES string of the molecule is CCCC1NC(CC)N(CCCC(C)C)C1=O. The first-order chi connectivity index (χ1) is 8.10. The molecule has 0 radical (unpaired) electrons. The molecule has 0 aromatic rings. The van der Waals surface area contributed by atoms with Crippen LogP contribution in [0.4, 0.5) is 0 Å². The van der Waals surface area contributed by atoms with E-state index in [2.05, 4.69) is 37.9 Å². The van der Waals surface area contributed by atoms with Crippen molar-refractivity contribution in [3.8, 4) is 0 Å². The normalized spacial score (nSPS) is 25.0. The second-order valence-electron chi connectivity index (χ2n) is 5.50. The van der Waals surface area contributed by atoms with Crippen LogP contribution < -0.4 is 5.32 Å². The zero-order chi connectivity index (χ0) is 12.8. The molecule has 1 N–H and O–H groups in total. The third kappa shape index (κ3) is 3.98. The quantitative estimate of drug-likeness (QED) is 0.742. The van der Waals surface area contributed by atoms with E-state index in [4.69, 9.17) is 0 Å². The van der Waals surface area contributed by atoms with Gasteiger partial charge >= 0.3 is 0 Å². The fourth-order valence-electron chi connectivity index (χ4n) is 2.52. The van der Waals surface area contributed by atoms with Crippen LogP contribution in [-0.2, 0) is 4.79 Å². The number of amides is 1. The van der Waals surface area contributed by atoms with Crippen molar-refractivity contribution in [3.05, 3.63) is 0 Å². The molecule has 3 nitrogen and oxygen atoms in total. The second-order valence-corrected chi connectivity index (χ2v) is 5.50. The summed E-state index contributed by atoms with van der Waals surface area (Å²) in [5, 5.41) is 3.46. The van der Waals surface area contributed by atoms with Crippen molar-refractivity contribution in [2.45, 2.75) is 72.0 Å². The molecule has 0 spiro atoms. The van der Waals surface area contributed by atoms with Crippen molar-refractivity contribution in [1.29, 1.82) is 0 Å². The molecule has 3 heteroatoms. The maximum atomic E-state index is 12.2. The van der Waals surface area contributed by atoms with Crippen molar-refractivity contribution in [1.82, 2.24) is 10.2 Å². The Balaban J connectivity index is 2.47. The molecule has 1 amide bonds. The molecule has 1 aliphatic heterocycles. The molecule has 2 unspecified atom stereocenters. The predicted octanol–water partition coefficient (Wildman–Crippen LogP) is 2.76. The van der Waals surface area contributed by atoms with E-state index in [1.165, 1.54) is 6.42 Å². The van der Waals surface area contributed by atoms with Crippen LogP contribution in [0.15, 0.2) is 0 Å². The van der Waals surface area contributed by atoms with E-state index in [9.17, 15) is 4.79 Å². The molecule has 100 valence electrons. The Kier molecular flexibility index (Phi) is 5.96. The summed E-state index contributed by atoms with van der Waals surface area (Å²) in [5.41, 5.74) is 0. The lowest BCUT2D eigenvalue weighted by atomic mass is 10.1. The van der Waals surface area contributed by atoms with Crippen LogP contribution in [0, 0.1) is 5.92 Å². The van der Waals surface area contributed by atoms with E-state index in [0.29, 0.717) is 5.91 Å². The van der Waals surface area contributed by atoms with Gasteiger partial charge in [-0.3, -0.25) is 10.1 Å². The molecule has 1 heterocycles. The summed E-state index contributed by atoms with van der Waals surface area (Å²) in [6, 6.07) is 0.0731. The number of carbonyl (C=O) groups excluding carboxylic acids is 1. The van der Waals surface area contributed by atoms with E-state index in [1.807, 2.05) is 0 Å². The van der Waals surface area contributed by atoms with Crippen LogP contribution in [0.5, 0.6) is 0 Å². The van der Waals surface area contributed by atoms with Gasteiger partial charge in [0, 0.05) is 6.54 Å². The molecular formula is C14H28N2O. The summed E-state index contributed by atoms with van der Waals surface area (Å²) in [4.78, 5) is 14.3. The second kappa shape index (κ2) is 7.00. The summed E-state index contributed by atoms with van der Waals surface area (Å²) < 4.78 is 0. The molecule has 17 heavy (non-hydrogen) atoms. The van der Waals surface area contributed by atoms with Crippen molar-refractivity contribution < 1.29 is 4.79 Å². The Morgan fingerprint density at radius 3 is 2.59 bits per heavy atom. The zero-order valence-electron chi connectivity index (χ0n) is 11.8. The van der Waals surface area contributed by atoms with Crippen molar-refractivity contribution in [2.75, 3.05) is 6.54 Å². The third-order valence-corrected chi connectivity index (χ3v) is 3.50. The standard InChI is InChI=1S/C14H28N2O/c1-5-8-12-14(17)16(13(6-2)15-12)10-7-9-11(3)4/h11-13,15H,5-10H2,1-4H3. The Labute approximate surface area is 106 Å². The van der Waals surface area contributed by atoms with Gasteiger partial charge in [-0.05, 0) is 31.6 Å². The topological polar surface area (TPSA) is 32.3 Å². The summed E-state index contributed by atoms with van der Waals surface area (Å²) in [5.74, 6) is 1.05. The summed E-state index contributed by atoms with van der Waals surface area (Å²) >= 11 is 0. The van der Waals surface area contributed by atoms with Gasteiger partial charge in [0.2, 0.25) is 5.91 Å². The fraction of sp³-hybridized carbons (Fsp3) is 0.929. The molecule has 1 saturated heterocycles. The molecule has 0 bridgehead atoms. The Hall–Kier alpha value is -0.570. The molecule has 0 saturated carbocycles. The predicted molar refractivity (Wildman–Crippen MR) is 71.7 cm³/mol. The maximum Gasteiger partial charge on any atom is 0.241 e. The lowest BCUT2D eigenvalue weighted by Gasteiger charge is -2.23. The fourth-order valence-corrected chi connectivity index (χ4v) is 2.52. The van der Waals surface area contributed by atoms with Crippen molar-refractivity contribution in [2.24, 2.45) is 5.92 Å². The van der Waals surface area contributed by atoms with Gasteiger partial charge < -0.3 is 4.90 Å². The highest BCUT2D eigenvalue weighted by Crippen LogP contribution is 2.18. The van der Waals surface area contributed by atoms with Gasteiger partial charge in [-0.25, -0.2) is 0 Å². The van der Waals surface area contributed by atoms with E-state index >= 15 is 0 Å². The average Bonchev–Trinajstić information content (AvgIpc) is 2.57. The lowest BCUT2D eigenvalue weighted by Crippen LogP contribution is -2.37. The summed E-state index contributed by atoms with van der Waals surface area (Å²) in [6.07, 6.45) is 5.65. The van der Waals surface area contributed by atoms with Crippen LogP contribution in [-0.4, -0.2) is 29.6 Å². The first kappa shape index (κ1) is 14.5. The van der Waals surface area contributed by atoms with Crippen LogP contribution in [0.25, 0.3) is 0 Å². The maximum absolute atomic E-state index is 12.2. The number of rotatable bonds is 7. The molecule has 2 atom stereocenters. The van der Waals surface area contributed by atoms with Gasteiger partial charge in [-0.1, -0.05) is 34.1 Å². The van der Waals surface area contributed by atoms with Gasteiger partial charge in [0.1, 0.15) is 0 Å². The highest BCUT2D eigenvalue weighted by Gasteiger charge is 2.36. The van der Waals surface area contributed by atoms with Gasteiger partial charge in [0.25, 0.3) is 0 Å². The minimum atomic E-state index is 0.0731. The third-order valence-electron chi connectivity index (χ3n) is 3.50. The van der Waals surface area contributed by atoms with Crippen LogP contribution in [0.2, 0.25) is 0 Å². The first-order valence-electron chi connectivity index (χ1n) is 7.16. The summed E-state index contributed by atoms with van der Waals surface area (Å²) in [6.45, 7) is 9.68. The van der Waals surface area contributed by atoms with E-state index in [0.717, 1.165) is 38.1 Å². The van der Waals surface area contributed by atoms with Crippen molar-refractivity contribution >= 4 is 5.91 Å². The van der Waals surface area contributed by atoms with E-state index in [1.54, 1.807) is 0 Å². The Morgan fingerprint density at radius 2 is 2.06 bits per heavy atom. The monoisotopic (exact) mass is 240 g/mol. The molecule has 0 aromatic carbocycles. The molecule has 1 rings (SSSR count). The first-order valence-corrected chi connectivity index (χ1v) is 7.16. The molecule has 0 aromatic heterocycles. The molecule has 1 fully saturated rings. The minimum absolute atomic E-state index is 0.0731. The van der Waals surface area contributed by atoms with Gasteiger partial charge in [0.15, 0.2) is 0 Å². The summed E-state index contributed by atoms with van der Waals surface area (Å²) in [7, 11) is 0. The number of carbonyl (C=O) groups is 1. The number of hydrogen-bond acceptors (Lipinski definition) is 2. The van der Waals surface area contributed by atoms with E-state index in [-0.39, 0.29) is 12.2 Å². The van der Waals surface area contributed by atoms with Gasteiger partial charge in [-0.15, -0.1) is 0 Å². The minimum Gasteiger partial charge on any atom is -0.326 e. The zero-order valence-corrected chi connectivity index (χ0v) is 11.8. The van der Waals surface area contributed by atoms with Crippen molar-refractivity contribution in [3.63, 3.8) is 0 Å². The van der Waals surface area contributed by atoms with E-state index < -0.39 is 0 Å². The molecule has 0 aliphatic carbocycles. The number of hydrogen-bond donors (Lipinski definition) is 1. The van der Waals surface area contributed by atoms with Crippen LogP contribution in [0.3, 0.4) is 0 Å². The smallest absolute Gasteiger partial charge is 0.241 e. The van der Waals surface area contributed by atoms with Gasteiger partial charge in [0.05, 0.1) is 12.2 Å². The average molecular weight is 240 g/mol. The largest absolute Gasteiger partial charge is 0.326 e. The highest BCUT2D eigenvalue weighted by molar-refractivity contribution is 5.84. The molecular weight excluding hydrogens is 212 g/mol. The highest BCUT2D eigenvalue weighted by atomic mass is 16.2. The van der Waals surface area contributed by atoms with Crippen LogP contribution >= 0.6 is 0 Å². The Morgan fingerprint density at radius 1 is 1.35 bits per heavy atom. The molecule has 1 aliphatic rings. The van der Waals surface area contributed by atoms with Gasteiger partial charge in [-0.2, -0.15) is 0 Å². The Bertz CT molecular complexity index is 240.